The van der Waals surface area contributed by atoms with Crippen LogP contribution in [0.3, 0.4) is 0 Å². The van der Waals surface area contributed by atoms with E-state index in [2.05, 4.69) is 24.8 Å². The second kappa shape index (κ2) is 5.14. The highest BCUT2D eigenvalue weighted by atomic mass is 16.5. The van der Waals surface area contributed by atoms with Gasteiger partial charge in [0.05, 0.1) is 12.1 Å². The Bertz CT molecular complexity index is 446. The summed E-state index contributed by atoms with van der Waals surface area (Å²) < 4.78 is 5.89. The number of fused-ring (bicyclic) bond motifs is 1. The molecule has 104 valence electrons. The summed E-state index contributed by atoms with van der Waals surface area (Å²) in [6.45, 7) is 7.69. The number of benzene rings is 1. The lowest BCUT2D eigenvalue weighted by atomic mass is 9.94. The summed E-state index contributed by atoms with van der Waals surface area (Å²) in [5.74, 6) is 2.54. The molecular formula is C16H24N2O. The second-order valence-electron chi connectivity index (χ2n) is 6.23. The molecule has 2 heterocycles. The van der Waals surface area contributed by atoms with E-state index in [9.17, 15) is 0 Å². The fraction of sp³-hybridized carbons (Fsp3) is 0.625. The van der Waals surface area contributed by atoms with Crippen molar-refractivity contribution in [3.8, 4) is 5.75 Å². The van der Waals surface area contributed by atoms with Crippen LogP contribution >= 0.6 is 0 Å². The van der Waals surface area contributed by atoms with E-state index in [-0.39, 0.29) is 6.04 Å². The Kier molecular flexibility index (Phi) is 3.50. The summed E-state index contributed by atoms with van der Waals surface area (Å²) in [6.07, 6.45) is 1.29. The number of hydrogen-bond acceptors (Lipinski definition) is 3. The number of nitrogens with zero attached hydrogens (tertiary/aromatic N) is 1. The molecule has 0 saturated carbocycles. The van der Waals surface area contributed by atoms with Gasteiger partial charge >= 0.3 is 0 Å². The first kappa shape index (κ1) is 12.9. The Morgan fingerprint density at radius 3 is 2.84 bits per heavy atom. The number of likely N-dealkylation sites (tertiary alicyclic amines) is 1. The molecule has 3 heteroatoms. The first-order valence-electron chi connectivity index (χ1n) is 7.38. The van der Waals surface area contributed by atoms with E-state index >= 15 is 0 Å². The number of ether oxygens (including phenoxy) is 1. The van der Waals surface area contributed by atoms with Gasteiger partial charge in [-0.25, -0.2) is 0 Å². The predicted octanol–water partition coefficient (Wildman–Crippen LogP) is 2.43. The van der Waals surface area contributed by atoms with Crippen molar-refractivity contribution in [3.05, 3.63) is 29.8 Å². The number of para-hydroxylation sites is 1. The Morgan fingerprint density at radius 2 is 2.11 bits per heavy atom. The molecular weight excluding hydrogens is 236 g/mol. The molecule has 1 aromatic carbocycles. The van der Waals surface area contributed by atoms with E-state index in [1.54, 1.807) is 0 Å². The van der Waals surface area contributed by atoms with Crippen LogP contribution in [0.5, 0.6) is 5.75 Å². The van der Waals surface area contributed by atoms with Crippen molar-refractivity contribution in [1.29, 1.82) is 0 Å². The van der Waals surface area contributed by atoms with Crippen LogP contribution in [0.15, 0.2) is 24.3 Å². The zero-order valence-electron chi connectivity index (χ0n) is 11.9. The van der Waals surface area contributed by atoms with Crippen molar-refractivity contribution in [2.24, 2.45) is 17.6 Å². The summed E-state index contributed by atoms with van der Waals surface area (Å²) in [4.78, 5) is 2.53. The SMILES string of the molecule is CC(C)C1CCN(C2COc3ccccc3C2N)C1. The molecule has 0 spiro atoms. The summed E-state index contributed by atoms with van der Waals surface area (Å²) in [5.41, 5.74) is 7.63. The number of nitrogens with two attached hydrogens (primary N) is 1. The smallest absolute Gasteiger partial charge is 0.124 e. The van der Waals surface area contributed by atoms with Crippen LogP contribution in [0.25, 0.3) is 0 Å². The van der Waals surface area contributed by atoms with E-state index in [0.29, 0.717) is 6.04 Å². The molecule has 3 atom stereocenters. The number of hydrogen-bond donors (Lipinski definition) is 1. The molecule has 0 aliphatic carbocycles. The van der Waals surface area contributed by atoms with Gasteiger partial charge in [0, 0.05) is 12.1 Å². The van der Waals surface area contributed by atoms with Crippen molar-refractivity contribution in [2.45, 2.75) is 32.4 Å². The predicted molar refractivity (Wildman–Crippen MR) is 77.2 cm³/mol. The zero-order chi connectivity index (χ0) is 13.4. The molecule has 19 heavy (non-hydrogen) atoms. The van der Waals surface area contributed by atoms with E-state index < -0.39 is 0 Å². The Morgan fingerprint density at radius 1 is 1.32 bits per heavy atom. The molecule has 2 aliphatic rings. The Balaban J connectivity index is 1.74. The maximum absolute atomic E-state index is 6.47. The summed E-state index contributed by atoms with van der Waals surface area (Å²) in [7, 11) is 0. The summed E-state index contributed by atoms with van der Waals surface area (Å²) in [6, 6.07) is 8.59. The van der Waals surface area contributed by atoms with Crippen LogP contribution in [0, 0.1) is 11.8 Å². The van der Waals surface area contributed by atoms with Crippen molar-refractivity contribution in [1.82, 2.24) is 4.90 Å². The third-order valence-corrected chi connectivity index (χ3v) is 4.77. The quantitative estimate of drug-likeness (QED) is 0.887. The van der Waals surface area contributed by atoms with Gasteiger partial charge in [0.15, 0.2) is 0 Å². The van der Waals surface area contributed by atoms with Crippen molar-refractivity contribution in [3.63, 3.8) is 0 Å². The fourth-order valence-electron chi connectivity index (χ4n) is 3.37. The van der Waals surface area contributed by atoms with Gasteiger partial charge in [-0.05, 0) is 30.9 Å². The van der Waals surface area contributed by atoms with Crippen LogP contribution < -0.4 is 10.5 Å². The highest BCUT2D eigenvalue weighted by Crippen LogP contribution is 2.35. The van der Waals surface area contributed by atoms with E-state index in [1.807, 2.05) is 18.2 Å². The normalized spacial score (nSPS) is 31.3. The average molecular weight is 260 g/mol. The molecule has 2 aliphatic heterocycles. The lowest BCUT2D eigenvalue weighted by molar-refractivity contribution is 0.113. The van der Waals surface area contributed by atoms with Gasteiger partial charge in [-0.15, -0.1) is 0 Å². The fourth-order valence-corrected chi connectivity index (χ4v) is 3.37. The molecule has 3 unspecified atom stereocenters. The van der Waals surface area contributed by atoms with Crippen LogP contribution in [0.1, 0.15) is 31.9 Å². The zero-order valence-corrected chi connectivity index (χ0v) is 11.9. The number of rotatable bonds is 2. The van der Waals surface area contributed by atoms with Gasteiger partial charge in [0.25, 0.3) is 0 Å². The molecule has 0 radical (unpaired) electrons. The minimum Gasteiger partial charge on any atom is -0.492 e. The maximum Gasteiger partial charge on any atom is 0.124 e. The standard InChI is InChI=1S/C16H24N2O/c1-11(2)12-7-8-18(9-12)14-10-19-15-6-4-3-5-13(15)16(14)17/h3-6,11-12,14,16H,7-10,17H2,1-2H3. The molecule has 1 aromatic rings. The highest BCUT2D eigenvalue weighted by Gasteiger charge is 2.36. The minimum absolute atomic E-state index is 0.0795. The monoisotopic (exact) mass is 260 g/mol. The Labute approximate surface area is 115 Å². The molecule has 3 rings (SSSR count). The van der Waals surface area contributed by atoms with Crippen LogP contribution in [-0.4, -0.2) is 30.6 Å². The van der Waals surface area contributed by atoms with Crippen molar-refractivity contribution < 1.29 is 4.74 Å². The molecule has 0 bridgehead atoms. The second-order valence-corrected chi connectivity index (χ2v) is 6.23. The third kappa shape index (κ3) is 2.37. The van der Waals surface area contributed by atoms with E-state index in [0.717, 1.165) is 36.3 Å². The first-order chi connectivity index (χ1) is 9.16. The van der Waals surface area contributed by atoms with E-state index in [4.69, 9.17) is 10.5 Å². The molecule has 0 amide bonds. The average Bonchev–Trinajstić information content (AvgIpc) is 2.89. The van der Waals surface area contributed by atoms with Gasteiger partial charge in [0.1, 0.15) is 12.4 Å². The van der Waals surface area contributed by atoms with Gasteiger partial charge in [-0.3, -0.25) is 4.90 Å². The lowest BCUT2D eigenvalue weighted by Gasteiger charge is -2.37. The molecule has 0 aromatic heterocycles. The lowest BCUT2D eigenvalue weighted by Crippen LogP contribution is -2.47. The highest BCUT2D eigenvalue weighted by molar-refractivity contribution is 5.38. The van der Waals surface area contributed by atoms with Gasteiger partial charge < -0.3 is 10.5 Å². The first-order valence-corrected chi connectivity index (χ1v) is 7.38. The van der Waals surface area contributed by atoms with E-state index in [1.165, 1.54) is 13.0 Å². The minimum atomic E-state index is 0.0795. The topological polar surface area (TPSA) is 38.5 Å². The van der Waals surface area contributed by atoms with Gasteiger partial charge in [-0.1, -0.05) is 32.0 Å². The maximum atomic E-state index is 6.47. The van der Waals surface area contributed by atoms with Crippen LogP contribution in [-0.2, 0) is 0 Å². The molecule has 1 saturated heterocycles. The Hall–Kier alpha value is -1.06. The summed E-state index contributed by atoms with van der Waals surface area (Å²) in [5, 5.41) is 0. The molecule has 2 N–H and O–H groups in total. The van der Waals surface area contributed by atoms with Crippen molar-refractivity contribution in [2.75, 3.05) is 19.7 Å². The van der Waals surface area contributed by atoms with Crippen LogP contribution in [0.4, 0.5) is 0 Å². The van der Waals surface area contributed by atoms with Gasteiger partial charge in [-0.2, -0.15) is 0 Å². The molecule has 3 nitrogen and oxygen atoms in total. The van der Waals surface area contributed by atoms with Crippen LogP contribution in [0.2, 0.25) is 0 Å². The molecule has 1 fully saturated rings. The largest absolute Gasteiger partial charge is 0.492 e. The summed E-state index contributed by atoms with van der Waals surface area (Å²) >= 11 is 0. The van der Waals surface area contributed by atoms with Gasteiger partial charge in [0.2, 0.25) is 0 Å². The third-order valence-electron chi connectivity index (χ3n) is 4.77. The van der Waals surface area contributed by atoms with Crippen molar-refractivity contribution >= 4 is 0 Å².